The Hall–Kier alpha value is -3.19. The van der Waals surface area contributed by atoms with Crippen molar-refractivity contribution >= 4 is 28.4 Å². The summed E-state index contributed by atoms with van der Waals surface area (Å²) < 4.78 is 18.6. The van der Waals surface area contributed by atoms with Gasteiger partial charge in [0.15, 0.2) is 0 Å². The Labute approximate surface area is 165 Å². The van der Waals surface area contributed by atoms with Gasteiger partial charge in [0, 0.05) is 10.9 Å². The molecule has 3 aromatic rings. The summed E-state index contributed by atoms with van der Waals surface area (Å²) >= 11 is 1.34. The van der Waals surface area contributed by atoms with Gasteiger partial charge in [-0.3, -0.25) is 5.41 Å². The first-order chi connectivity index (χ1) is 13.5. The van der Waals surface area contributed by atoms with Gasteiger partial charge in [-0.2, -0.15) is 0 Å². The van der Waals surface area contributed by atoms with Crippen molar-refractivity contribution in [3.8, 4) is 17.0 Å². The van der Waals surface area contributed by atoms with Crippen LogP contribution in [0.2, 0.25) is 0 Å². The third kappa shape index (κ3) is 3.14. The second-order valence-corrected chi connectivity index (χ2v) is 7.33. The van der Waals surface area contributed by atoms with E-state index in [0.29, 0.717) is 22.0 Å². The number of methoxy groups -OCH3 is 1. The smallest absolute Gasteiger partial charge is 0.142 e. The second-order valence-electron chi connectivity index (χ2n) is 6.48. The number of aromatic nitrogens is 1. The van der Waals surface area contributed by atoms with Crippen LogP contribution in [0, 0.1) is 18.2 Å². The zero-order chi connectivity index (χ0) is 19.8. The van der Waals surface area contributed by atoms with Crippen molar-refractivity contribution in [2.24, 2.45) is 0 Å². The Morgan fingerprint density at radius 2 is 1.96 bits per heavy atom. The van der Waals surface area contributed by atoms with E-state index in [0.717, 1.165) is 16.8 Å². The van der Waals surface area contributed by atoms with E-state index in [1.54, 1.807) is 24.1 Å². The predicted octanol–water partition coefficient (Wildman–Crippen LogP) is 5.03. The molecular weight excluding hydrogens is 377 g/mol. The molecule has 0 unspecified atom stereocenters. The molecule has 142 valence electrons. The largest absolute Gasteiger partial charge is 0.510 e. The fourth-order valence-corrected chi connectivity index (χ4v) is 4.06. The highest BCUT2D eigenvalue weighted by Crippen LogP contribution is 2.38. The van der Waals surface area contributed by atoms with Crippen molar-refractivity contribution in [3.63, 3.8) is 0 Å². The van der Waals surface area contributed by atoms with E-state index in [9.17, 15) is 9.50 Å². The summed E-state index contributed by atoms with van der Waals surface area (Å²) in [7, 11) is 1.58. The summed E-state index contributed by atoms with van der Waals surface area (Å²) in [4.78, 5) is 6.26. The second kappa shape index (κ2) is 7.09. The summed E-state index contributed by atoms with van der Waals surface area (Å²) in [5.74, 6) is 0.588. The molecule has 1 aromatic heterocycles. The molecule has 7 heteroatoms. The molecule has 0 bridgehead atoms. The topological polar surface area (TPSA) is 69.4 Å². The molecule has 4 rings (SSSR count). The van der Waals surface area contributed by atoms with E-state index in [2.05, 4.69) is 4.98 Å². The van der Waals surface area contributed by atoms with Crippen LogP contribution in [0.4, 0.5) is 10.1 Å². The van der Waals surface area contributed by atoms with E-state index >= 15 is 0 Å². The first-order valence-electron chi connectivity index (χ1n) is 8.63. The lowest BCUT2D eigenvalue weighted by Gasteiger charge is -2.21. The molecule has 0 amide bonds. The van der Waals surface area contributed by atoms with E-state index in [1.807, 2.05) is 30.5 Å². The number of aliphatic hydroxyl groups excluding tert-OH is 1. The molecule has 2 heterocycles. The number of hydrogen-bond donors (Lipinski definition) is 2. The molecule has 2 N–H and O–H groups in total. The van der Waals surface area contributed by atoms with Gasteiger partial charge in [-0.25, -0.2) is 9.37 Å². The Balaban J connectivity index is 1.67. The molecule has 28 heavy (non-hydrogen) atoms. The van der Waals surface area contributed by atoms with E-state index in [1.165, 1.54) is 23.5 Å². The van der Waals surface area contributed by atoms with Crippen molar-refractivity contribution in [2.75, 3.05) is 18.6 Å². The Bertz CT molecular complexity index is 1090. The average Bonchev–Trinajstić information content (AvgIpc) is 3.26. The molecule has 1 aliphatic heterocycles. The summed E-state index contributed by atoms with van der Waals surface area (Å²) in [5.41, 5.74) is 3.63. The molecule has 0 radical (unpaired) electrons. The number of halogens is 1. The van der Waals surface area contributed by atoms with Gasteiger partial charge in [-0.15, -0.1) is 11.3 Å². The highest BCUT2D eigenvalue weighted by atomic mass is 32.1. The van der Waals surface area contributed by atoms with Crippen LogP contribution in [0.15, 0.2) is 53.6 Å². The highest BCUT2D eigenvalue weighted by Gasteiger charge is 2.32. The number of ether oxygens (including phenoxy) is 1. The molecule has 0 fully saturated rings. The summed E-state index contributed by atoms with van der Waals surface area (Å²) in [6, 6.07) is 11.8. The molecule has 0 saturated carbocycles. The number of aryl methyl sites for hydroxylation is 1. The molecule has 2 aromatic carbocycles. The molecule has 0 spiro atoms. The summed E-state index contributed by atoms with van der Waals surface area (Å²) in [6.45, 7) is 2.14. The van der Waals surface area contributed by atoms with E-state index in [4.69, 9.17) is 10.1 Å². The van der Waals surface area contributed by atoms with Gasteiger partial charge in [0.05, 0.1) is 30.6 Å². The van der Waals surface area contributed by atoms with Crippen molar-refractivity contribution in [2.45, 2.75) is 6.92 Å². The van der Waals surface area contributed by atoms with Crippen molar-refractivity contribution < 1.29 is 14.2 Å². The minimum atomic E-state index is -0.306. The average molecular weight is 395 g/mol. The lowest BCUT2D eigenvalue weighted by atomic mass is 10.1. The zero-order valence-corrected chi connectivity index (χ0v) is 16.2. The number of thiazole rings is 1. The van der Waals surface area contributed by atoms with Crippen LogP contribution in [0.1, 0.15) is 10.6 Å². The van der Waals surface area contributed by atoms with Gasteiger partial charge in [-0.05, 0) is 48.9 Å². The summed E-state index contributed by atoms with van der Waals surface area (Å²) in [6.07, 6.45) is 0. The van der Waals surface area contributed by atoms with Gasteiger partial charge in [-0.1, -0.05) is 6.07 Å². The first-order valence-corrected chi connectivity index (χ1v) is 9.51. The van der Waals surface area contributed by atoms with E-state index in [-0.39, 0.29) is 24.0 Å². The fourth-order valence-electron chi connectivity index (χ4n) is 3.16. The Morgan fingerprint density at radius 3 is 2.68 bits per heavy atom. The SMILES string of the molecule is COc1ccc(C)cc1N1CC(O)=C(c2nc(-c3ccc(F)cc3)cs2)C1=N. The van der Waals surface area contributed by atoms with E-state index < -0.39 is 0 Å². The third-order valence-electron chi connectivity index (χ3n) is 4.59. The molecule has 1 aliphatic rings. The van der Waals surface area contributed by atoms with Crippen LogP contribution in [-0.2, 0) is 0 Å². The van der Waals surface area contributed by atoms with Gasteiger partial charge in [0.1, 0.15) is 28.2 Å². The zero-order valence-electron chi connectivity index (χ0n) is 15.4. The number of nitrogens with zero attached hydrogens (tertiary/aromatic N) is 2. The molecular formula is C21H18FN3O2S. The normalized spacial score (nSPS) is 14.1. The van der Waals surface area contributed by atoms with Crippen LogP contribution in [0.3, 0.4) is 0 Å². The van der Waals surface area contributed by atoms with Crippen LogP contribution >= 0.6 is 11.3 Å². The van der Waals surface area contributed by atoms with Crippen LogP contribution < -0.4 is 9.64 Å². The van der Waals surface area contributed by atoms with Crippen molar-refractivity contribution in [3.05, 3.63) is 70.0 Å². The third-order valence-corrected chi connectivity index (χ3v) is 5.45. The minimum Gasteiger partial charge on any atom is -0.510 e. The van der Waals surface area contributed by atoms with Crippen molar-refractivity contribution in [1.29, 1.82) is 5.41 Å². The number of aliphatic hydroxyl groups is 1. The highest BCUT2D eigenvalue weighted by molar-refractivity contribution is 7.11. The number of benzene rings is 2. The number of nitrogens with one attached hydrogen (secondary N) is 1. The number of hydrogen-bond acceptors (Lipinski definition) is 5. The molecule has 0 saturated heterocycles. The summed E-state index contributed by atoms with van der Waals surface area (Å²) in [5, 5.41) is 21.6. The first kappa shape index (κ1) is 18.2. The van der Waals surface area contributed by atoms with Gasteiger partial charge in [0.25, 0.3) is 0 Å². The monoisotopic (exact) mass is 395 g/mol. The molecule has 0 aliphatic carbocycles. The predicted molar refractivity (Wildman–Crippen MR) is 110 cm³/mol. The minimum absolute atomic E-state index is 0.0913. The van der Waals surface area contributed by atoms with Gasteiger partial charge >= 0.3 is 0 Å². The standard InChI is InChI=1S/C21H18FN3O2S/c1-12-3-8-18(27-2)16(9-12)25-10-17(26)19(20(25)23)21-24-15(11-28-21)13-4-6-14(22)7-5-13/h3-9,11,23,26H,10H2,1-2H3. The van der Waals surface area contributed by atoms with Gasteiger partial charge in [0.2, 0.25) is 0 Å². The maximum absolute atomic E-state index is 13.1. The van der Waals surface area contributed by atoms with Crippen LogP contribution in [0.5, 0.6) is 5.75 Å². The molecule has 5 nitrogen and oxygen atoms in total. The lowest BCUT2D eigenvalue weighted by Crippen LogP contribution is -2.26. The maximum Gasteiger partial charge on any atom is 0.142 e. The maximum atomic E-state index is 13.1. The van der Waals surface area contributed by atoms with Gasteiger partial charge < -0.3 is 14.7 Å². The Morgan fingerprint density at radius 1 is 1.21 bits per heavy atom. The van der Waals surface area contributed by atoms with Crippen LogP contribution in [-0.4, -0.2) is 29.6 Å². The fraction of sp³-hybridized carbons (Fsp3) is 0.143. The van der Waals surface area contributed by atoms with Crippen molar-refractivity contribution in [1.82, 2.24) is 4.98 Å². The number of anilines is 1. The number of amidine groups is 1. The van der Waals surface area contributed by atoms with Crippen LogP contribution in [0.25, 0.3) is 16.8 Å². The lowest BCUT2D eigenvalue weighted by molar-refractivity contribution is 0.406. The quantitative estimate of drug-likeness (QED) is 0.650. The Kier molecular flexibility index (Phi) is 4.60. The number of rotatable bonds is 4. The molecule has 0 atom stereocenters.